The Bertz CT molecular complexity index is 2270. The van der Waals surface area contributed by atoms with Crippen LogP contribution in [0.4, 0.5) is 36.4 Å². The van der Waals surface area contributed by atoms with Gasteiger partial charge in [-0.15, -0.1) is 0 Å². The molecule has 0 saturated heterocycles. The standard InChI is InChI=1S/C37H32ClF3N10O6/c1-56-32(55)28(15-19-42-30(53)31(54)44-25-11-13-27(14-12-25)51-20-2-18-43-51)46-29(52)22-3-9-26(10-4-22)45-33-47-34(49-35(48-33)57-21-37(39,40)41)50-36(16-17-36)23-5-7-24(38)8-6-23/h2-14,18,20H,15-17,19,21H2,1H3,(H,42,53)(H,44,54)(H2,45,47,48,49,50)/b46-28-. The van der Waals surface area contributed by atoms with Crippen molar-refractivity contribution in [3.05, 3.63) is 107 Å². The summed E-state index contributed by atoms with van der Waals surface area (Å²) in [6, 6.07) is 20.5. The highest BCUT2D eigenvalue weighted by atomic mass is 35.5. The Balaban J connectivity index is 1.07. The predicted molar refractivity (Wildman–Crippen MR) is 201 cm³/mol. The number of carbonyl (C=O) groups is 4. The number of aliphatic imine (C=N–C) groups is 1. The van der Waals surface area contributed by atoms with Crippen molar-refractivity contribution in [3.8, 4) is 11.7 Å². The second kappa shape index (κ2) is 17.3. The van der Waals surface area contributed by atoms with Gasteiger partial charge in [0.25, 0.3) is 5.91 Å². The van der Waals surface area contributed by atoms with Crippen molar-refractivity contribution in [1.82, 2.24) is 30.0 Å². The van der Waals surface area contributed by atoms with Gasteiger partial charge < -0.3 is 30.7 Å². The first-order valence-electron chi connectivity index (χ1n) is 17.1. The molecule has 0 atom stereocenters. The van der Waals surface area contributed by atoms with Crippen LogP contribution in [0, 0.1) is 0 Å². The maximum atomic E-state index is 13.0. The number of anilines is 4. The minimum Gasteiger partial charge on any atom is -0.465 e. The van der Waals surface area contributed by atoms with Crippen LogP contribution in [0.1, 0.15) is 35.2 Å². The fourth-order valence-corrected chi connectivity index (χ4v) is 5.41. The van der Waals surface area contributed by atoms with E-state index in [2.05, 4.69) is 46.3 Å². The summed E-state index contributed by atoms with van der Waals surface area (Å²) in [6.07, 6.45) is -0.119. The van der Waals surface area contributed by atoms with Gasteiger partial charge in [0.15, 0.2) is 6.61 Å². The second-order valence-corrected chi connectivity index (χ2v) is 12.8. The molecule has 0 radical (unpaired) electrons. The van der Waals surface area contributed by atoms with Crippen LogP contribution in [0.5, 0.6) is 6.01 Å². The van der Waals surface area contributed by atoms with Crippen molar-refractivity contribution in [2.24, 2.45) is 4.99 Å². The van der Waals surface area contributed by atoms with E-state index in [1.807, 2.05) is 12.1 Å². The van der Waals surface area contributed by atoms with Crippen molar-refractivity contribution >= 4 is 64.3 Å². The smallest absolute Gasteiger partial charge is 0.422 e. The number of hydrogen-bond donors (Lipinski definition) is 4. The zero-order valence-corrected chi connectivity index (χ0v) is 30.6. The van der Waals surface area contributed by atoms with Gasteiger partial charge in [0.2, 0.25) is 11.9 Å². The molecule has 20 heteroatoms. The summed E-state index contributed by atoms with van der Waals surface area (Å²) in [5, 5.41) is 15.5. The molecule has 3 amide bonds. The molecule has 0 aliphatic heterocycles. The minimum absolute atomic E-state index is 0.0398. The fourth-order valence-electron chi connectivity index (χ4n) is 5.29. The Hall–Kier alpha value is -6.89. The molecule has 1 saturated carbocycles. The second-order valence-electron chi connectivity index (χ2n) is 12.4. The first-order valence-corrected chi connectivity index (χ1v) is 17.4. The van der Waals surface area contributed by atoms with E-state index in [0.717, 1.165) is 18.4 Å². The lowest BCUT2D eigenvalue weighted by Crippen LogP contribution is -2.37. The van der Waals surface area contributed by atoms with E-state index in [9.17, 15) is 32.3 Å². The first-order chi connectivity index (χ1) is 27.3. The van der Waals surface area contributed by atoms with Crippen LogP contribution in [-0.4, -0.2) is 80.6 Å². The van der Waals surface area contributed by atoms with Gasteiger partial charge in [-0.25, -0.2) is 14.5 Å². The van der Waals surface area contributed by atoms with Gasteiger partial charge >= 0.3 is 30.0 Å². The Morgan fingerprint density at radius 1 is 0.895 bits per heavy atom. The Kier molecular flexibility index (Phi) is 12.1. The largest absolute Gasteiger partial charge is 0.465 e. The topological polar surface area (TPSA) is 204 Å². The van der Waals surface area contributed by atoms with Crippen LogP contribution in [0.25, 0.3) is 5.69 Å². The average Bonchev–Trinajstić information content (AvgIpc) is 3.75. The van der Waals surface area contributed by atoms with Gasteiger partial charge in [0, 0.05) is 47.3 Å². The third-order valence-corrected chi connectivity index (χ3v) is 8.52. The quantitative estimate of drug-likeness (QED) is 0.0634. The number of alkyl halides is 3. The molecule has 2 heterocycles. The summed E-state index contributed by atoms with van der Waals surface area (Å²) in [7, 11) is 1.09. The number of ether oxygens (including phenoxy) is 2. The molecule has 294 valence electrons. The molecule has 1 aliphatic carbocycles. The summed E-state index contributed by atoms with van der Waals surface area (Å²) in [5.74, 6) is -3.88. The number of nitrogens with one attached hydrogen (secondary N) is 4. The summed E-state index contributed by atoms with van der Waals surface area (Å²) in [5.41, 5.74) is 1.49. The van der Waals surface area contributed by atoms with Crippen molar-refractivity contribution in [2.45, 2.75) is 31.0 Å². The SMILES string of the molecule is COC(=O)/C(CCNC(=O)C(=O)Nc1ccc(-n2cccn2)cc1)=N\C(=O)c1ccc(Nc2nc(NC3(c4ccc(Cl)cc4)CC3)nc(OCC(F)(F)F)n2)cc1. The van der Waals surface area contributed by atoms with Crippen LogP contribution in [0.15, 0.2) is 96.2 Å². The third-order valence-electron chi connectivity index (χ3n) is 8.27. The molecule has 5 aromatic rings. The molecule has 6 rings (SSSR count). The number of amides is 3. The minimum atomic E-state index is -4.64. The van der Waals surface area contributed by atoms with Gasteiger partial charge in [0.1, 0.15) is 5.71 Å². The number of halogens is 4. The molecule has 2 aromatic heterocycles. The van der Waals surface area contributed by atoms with E-state index in [4.69, 9.17) is 21.1 Å². The monoisotopic (exact) mass is 804 g/mol. The summed E-state index contributed by atoms with van der Waals surface area (Å²) in [6.45, 7) is -1.86. The van der Waals surface area contributed by atoms with Gasteiger partial charge in [-0.2, -0.15) is 33.2 Å². The lowest BCUT2D eigenvalue weighted by atomic mass is 10.1. The highest BCUT2D eigenvalue weighted by Gasteiger charge is 2.45. The van der Waals surface area contributed by atoms with E-state index >= 15 is 0 Å². The molecule has 0 bridgehead atoms. The summed E-state index contributed by atoms with van der Waals surface area (Å²) in [4.78, 5) is 66.5. The highest BCUT2D eigenvalue weighted by molar-refractivity contribution is 6.40. The zero-order chi connectivity index (χ0) is 40.6. The van der Waals surface area contributed by atoms with Crippen molar-refractivity contribution in [3.63, 3.8) is 0 Å². The van der Waals surface area contributed by atoms with Crippen LogP contribution in [0.3, 0.4) is 0 Å². The number of aromatic nitrogens is 5. The molecule has 1 aliphatic rings. The summed E-state index contributed by atoms with van der Waals surface area (Å²) >= 11 is 6.03. The van der Waals surface area contributed by atoms with Crippen LogP contribution < -0.4 is 26.0 Å². The summed E-state index contributed by atoms with van der Waals surface area (Å²) < 4.78 is 50.1. The van der Waals surface area contributed by atoms with Crippen LogP contribution in [-0.2, 0) is 24.7 Å². The average molecular weight is 805 g/mol. The van der Waals surface area contributed by atoms with Gasteiger partial charge in [-0.3, -0.25) is 14.4 Å². The number of nitrogens with zero attached hydrogens (tertiary/aromatic N) is 6. The molecule has 0 unspecified atom stereocenters. The van der Waals surface area contributed by atoms with Crippen LogP contribution >= 0.6 is 11.6 Å². The fraction of sp³-hybridized carbons (Fsp3) is 0.216. The molecule has 16 nitrogen and oxygen atoms in total. The van der Waals surface area contributed by atoms with Gasteiger partial charge in [-0.05, 0) is 85.1 Å². The molecule has 0 spiro atoms. The third kappa shape index (κ3) is 10.9. The van der Waals surface area contributed by atoms with Gasteiger partial charge in [-0.1, -0.05) is 23.7 Å². The molecule has 57 heavy (non-hydrogen) atoms. The molecule has 4 N–H and O–H groups in total. The van der Waals surface area contributed by atoms with E-state index in [1.54, 1.807) is 59.5 Å². The maximum absolute atomic E-state index is 13.0. The van der Waals surface area contributed by atoms with Crippen molar-refractivity contribution in [2.75, 3.05) is 36.2 Å². The van der Waals surface area contributed by atoms with Crippen LogP contribution in [0.2, 0.25) is 5.02 Å². The van der Waals surface area contributed by atoms with Crippen molar-refractivity contribution < 1.29 is 41.8 Å². The molecular formula is C37H32ClF3N10O6. The van der Waals surface area contributed by atoms with E-state index in [0.29, 0.717) is 29.2 Å². The molecular weight excluding hydrogens is 773 g/mol. The number of hydrogen-bond acceptors (Lipinski definition) is 12. The number of benzene rings is 3. The van der Waals surface area contributed by atoms with Gasteiger partial charge in [0.05, 0.1) is 18.3 Å². The Morgan fingerprint density at radius 2 is 1.58 bits per heavy atom. The Labute approximate surface area is 326 Å². The Morgan fingerprint density at radius 3 is 2.21 bits per heavy atom. The number of esters is 1. The van der Waals surface area contributed by atoms with E-state index in [-0.39, 0.29) is 36.1 Å². The first kappa shape index (κ1) is 39.8. The lowest BCUT2D eigenvalue weighted by molar-refractivity contribution is -0.154. The van der Waals surface area contributed by atoms with Crippen molar-refractivity contribution in [1.29, 1.82) is 0 Å². The van der Waals surface area contributed by atoms with E-state index in [1.165, 1.54) is 24.3 Å². The molecule has 1 fully saturated rings. The lowest BCUT2D eigenvalue weighted by Gasteiger charge is -2.19. The predicted octanol–water partition coefficient (Wildman–Crippen LogP) is 5.40. The number of rotatable bonds is 14. The maximum Gasteiger partial charge on any atom is 0.422 e. The normalized spacial score (nSPS) is 13.2. The number of carbonyl (C=O) groups excluding carboxylic acids is 4. The van der Waals surface area contributed by atoms with E-state index < -0.39 is 48.0 Å². The zero-order valence-electron chi connectivity index (χ0n) is 29.8. The molecule has 3 aromatic carbocycles. The number of methoxy groups -OCH3 is 1. The highest BCUT2D eigenvalue weighted by Crippen LogP contribution is 2.48.